The third-order valence-corrected chi connectivity index (χ3v) is 12.6. The maximum absolute atomic E-state index is 14.6. The maximum atomic E-state index is 14.6. The Kier molecular flexibility index (Phi) is 18.2. The minimum Gasteiger partial charge on any atom is -0.370 e. The van der Waals surface area contributed by atoms with Crippen LogP contribution in [0.5, 0.6) is 0 Å². The highest BCUT2D eigenvalue weighted by Crippen LogP contribution is 2.26. The second kappa shape index (κ2) is 24.6. The predicted octanol–water partition coefficient (Wildman–Crippen LogP) is -1.40. The molecular formula is C49H64N12O8. The van der Waals surface area contributed by atoms with Gasteiger partial charge in [-0.25, -0.2) is 0 Å². The van der Waals surface area contributed by atoms with E-state index in [1.807, 2.05) is 6.07 Å². The van der Waals surface area contributed by atoms with E-state index in [4.69, 9.17) is 17.2 Å². The first-order chi connectivity index (χ1) is 33.2. The number of nitrogens with two attached hydrogens (primary N) is 3. The second-order valence-electron chi connectivity index (χ2n) is 17.7. The molecule has 0 spiro atoms. The van der Waals surface area contributed by atoms with Crippen LogP contribution < -0.4 is 43.8 Å². The topological polar surface area (TPSA) is 297 Å². The number of hydrogen-bond acceptors (Lipinski definition) is 10. The van der Waals surface area contributed by atoms with Crippen molar-refractivity contribution in [2.75, 3.05) is 39.8 Å². The fraction of sp³-hybridized carbons (Fsp3) is 0.449. The van der Waals surface area contributed by atoms with E-state index in [1.165, 1.54) is 16.8 Å². The number of fused-ring (bicyclic) bond motifs is 2. The highest BCUT2D eigenvalue weighted by molar-refractivity contribution is 5.99. The summed E-state index contributed by atoms with van der Waals surface area (Å²) in [6.45, 7) is -0.319. The lowest BCUT2D eigenvalue weighted by Gasteiger charge is -2.33. The van der Waals surface area contributed by atoms with Gasteiger partial charge in [-0.2, -0.15) is 0 Å². The average Bonchev–Trinajstić information content (AvgIpc) is 4.05. The molecule has 0 aliphatic carbocycles. The van der Waals surface area contributed by atoms with Gasteiger partial charge in [0.05, 0.1) is 6.54 Å². The third kappa shape index (κ3) is 14.1. The van der Waals surface area contributed by atoms with E-state index in [2.05, 4.69) is 31.6 Å². The molecule has 20 nitrogen and oxygen atoms in total. The number of aliphatic imine (C=N–C) groups is 1. The number of benzene rings is 3. The molecule has 3 fully saturated rings. The lowest BCUT2D eigenvalue weighted by Crippen LogP contribution is -2.61. The molecule has 69 heavy (non-hydrogen) atoms. The zero-order valence-corrected chi connectivity index (χ0v) is 38.9. The number of hydrogen-bond donors (Lipinski definition) is 8. The van der Waals surface area contributed by atoms with Crippen LogP contribution in [0.3, 0.4) is 0 Å². The number of nitrogens with one attached hydrogen (secondary N) is 5. The normalized spacial score (nSPS) is 24.8. The summed E-state index contributed by atoms with van der Waals surface area (Å²) in [5, 5.41) is 13.9. The summed E-state index contributed by atoms with van der Waals surface area (Å²) < 4.78 is 0. The smallest absolute Gasteiger partial charge is 0.246 e. The quantitative estimate of drug-likeness (QED) is 0.0629. The Morgan fingerprint density at radius 1 is 0.551 bits per heavy atom. The van der Waals surface area contributed by atoms with E-state index in [0.717, 1.165) is 10.5 Å². The van der Waals surface area contributed by atoms with Gasteiger partial charge in [0.25, 0.3) is 0 Å². The second-order valence-corrected chi connectivity index (χ2v) is 17.7. The zero-order valence-electron chi connectivity index (χ0n) is 38.9. The molecular weight excluding hydrogens is 885 g/mol. The molecule has 0 aromatic heterocycles. The molecule has 3 aliphatic rings. The molecule has 11 N–H and O–H groups in total. The molecule has 0 bridgehead atoms. The van der Waals surface area contributed by atoms with Crippen LogP contribution in [0.25, 0.3) is 0 Å². The first-order valence-electron chi connectivity index (χ1n) is 23.5. The van der Waals surface area contributed by atoms with E-state index in [0.29, 0.717) is 30.4 Å². The van der Waals surface area contributed by atoms with Crippen LogP contribution in [0, 0.1) is 0 Å². The molecule has 0 radical (unpaired) electrons. The van der Waals surface area contributed by atoms with Crippen molar-refractivity contribution in [1.82, 2.24) is 41.3 Å². The van der Waals surface area contributed by atoms with Gasteiger partial charge in [0, 0.05) is 52.5 Å². The van der Waals surface area contributed by atoms with Crippen molar-refractivity contribution < 1.29 is 38.4 Å². The van der Waals surface area contributed by atoms with Crippen molar-refractivity contribution in [1.29, 1.82) is 0 Å². The summed E-state index contributed by atoms with van der Waals surface area (Å²) in [4.78, 5) is 122. The molecule has 3 saturated heterocycles. The Bertz CT molecular complexity index is 2320. The number of amides is 8. The van der Waals surface area contributed by atoms with Gasteiger partial charge in [0.2, 0.25) is 47.3 Å². The third-order valence-electron chi connectivity index (χ3n) is 12.6. The highest BCUT2D eigenvalue weighted by Gasteiger charge is 2.44. The van der Waals surface area contributed by atoms with Crippen LogP contribution in [0.15, 0.2) is 96.0 Å². The van der Waals surface area contributed by atoms with Gasteiger partial charge in [0.15, 0.2) is 5.96 Å². The Morgan fingerprint density at radius 3 is 1.51 bits per heavy atom. The Hall–Kier alpha value is -7.35. The van der Waals surface area contributed by atoms with Gasteiger partial charge >= 0.3 is 0 Å². The molecule has 3 aliphatic heterocycles. The first-order valence-corrected chi connectivity index (χ1v) is 23.5. The molecule has 0 unspecified atom stereocenters. The highest BCUT2D eigenvalue weighted by atomic mass is 16.2. The Balaban J connectivity index is 1.37. The number of nitrogens with zero attached hydrogens (tertiary/aromatic N) is 4. The molecule has 6 rings (SSSR count). The Morgan fingerprint density at radius 2 is 1.00 bits per heavy atom. The summed E-state index contributed by atoms with van der Waals surface area (Å²) in [7, 11) is 1.36. The van der Waals surface area contributed by atoms with Crippen LogP contribution in [-0.2, 0) is 57.6 Å². The van der Waals surface area contributed by atoms with E-state index in [-0.39, 0.29) is 70.7 Å². The summed E-state index contributed by atoms with van der Waals surface area (Å²) in [6, 6.07) is 18.6. The molecule has 20 heteroatoms. The summed E-state index contributed by atoms with van der Waals surface area (Å²) in [5.74, 6) is -5.29. The summed E-state index contributed by atoms with van der Waals surface area (Å²) >= 11 is 0. The van der Waals surface area contributed by atoms with Gasteiger partial charge in [-0.3, -0.25) is 43.3 Å². The average molecular weight is 949 g/mol. The zero-order chi connectivity index (χ0) is 49.5. The van der Waals surface area contributed by atoms with Gasteiger partial charge in [-0.1, -0.05) is 91.0 Å². The van der Waals surface area contributed by atoms with Crippen molar-refractivity contribution in [3.05, 3.63) is 108 Å². The number of carbonyl (C=O) groups is 8. The largest absolute Gasteiger partial charge is 0.370 e. The number of rotatable bonds is 11. The minimum atomic E-state index is -1.34. The maximum Gasteiger partial charge on any atom is 0.246 e. The molecule has 7 atom stereocenters. The molecule has 3 aromatic carbocycles. The number of carbonyl (C=O) groups excluding carboxylic acids is 8. The van der Waals surface area contributed by atoms with Crippen molar-refractivity contribution in [2.45, 2.75) is 100 Å². The first kappa shape index (κ1) is 51.0. The van der Waals surface area contributed by atoms with Gasteiger partial charge in [-0.15, -0.1) is 0 Å². The lowest BCUT2D eigenvalue weighted by molar-refractivity contribution is -0.148. The van der Waals surface area contributed by atoms with Crippen molar-refractivity contribution >= 4 is 53.2 Å². The monoisotopic (exact) mass is 948 g/mol. The molecule has 0 saturated carbocycles. The van der Waals surface area contributed by atoms with Gasteiger partial charge < -0.3 is 58.5 Å². The van der Waals surface area contributed by atoms with E-state index in [9.17, 15) is 38.4 Å². The molecule has 8 amide bonds. The van der Waals surface area contributed by atoms with Crippen LogP contribution in [-0.4, -0.2) is 150 Å². The predicted molar refractivity (Wildman–Crippen MR) is 256 cm³/mol. The van der Waals surface area contributed by atoms with Crippen molar-refractivity contribution in [3.8, 4) is 0 Å². The van der Waals surface area contributed by atoms with Crippen LogP contribution >= 0.6 is 0 Å². The Labute approximate surface area is 401 Å². The summed E-state index contributed by atoms with van der Waals surface area (Å²) in [6.07, 6.45) is 1.89. The molecule has 3 heterocycles. The van der Waals surface area contributed by atoms with Crippen LogP contribution in [0.2, 0.25) is 0 Å². The summed E-state index contributed by atoms with van der Waals surface area (Å²) in [5.41, 5.74) is 19.3. The van der Waals surface area contributed by atoms with Gasteiger partial charge in [0.1, 0.15) is 42.3 Å². The van der Waals surface area contributed by atoms with Crippen molar-refractivity contribution in [2.24, 2.45) is 22.2 Å². The standard InChI is InChI=1S/C49H64N12O8/c1-59-30-41(62)54-37(28-33-18-9-4-10-19-33)47(68)61-25-13-22-40(61)48(69)60-24-12-21-39(60)45(66)55-34(20-11-23-53-49(51)52)42(63)56-35(26-31-14-5-2-6-15-31)43(64)57-36(27-32-16-7-3-8-17-32)44(65)58-38(29-50)46(59)67/h2-10,14-19,34-40H,11-13,20-30,50H2,1H3,(H,54,62)(H,55,66)(H,56,63)(H,57,64)(H,58,65)(H4,51,52,53)/t34-,35-,36-,37-,38-,39-,40+/m0/s1. The van der Waals surface area contributed by atoms with E-state index < -0.39 is 96.1 Å². The lowest BCUT2D eigenvalue weighted by atomic mass is 10.0. The number of guanidine groups is 1. The van der Waals surface area contributed by atoms with Crippen LogP contribution in [0.1, 0.15) is 55.2 Å². The fourth-order valence-corrected chi connectivity index (χ4v) is 9.03. The van der Waals surface area contributed by atoms with Crippen molar-refractivity contribution in [3.63, 3.8) is 0 Å². The number of likely N-dealkylation sites (N-methyl/N-ethyl adjacent to an activating group) is 1. The van der Waals surface area contributed by atoms with Gasteiger partial charge in [-0.05, 0) is 55.2 Å². The van der Waals surface area contributed by atoms with E-state index >= 15 is 0 Å². The minimum absolute atomic E-state index is 0.0166. The van der Waals surface area contributed by atoms with E-state index in [1.54, 1.807) is 84.9 Å². The van der Waals surface area contributed by atoms with Crippen LogP contribution in [0.4, 0.5) is 0 Å². The molecule has 3 aromatic rings. The SMILES string of the molecule is CN1CC(=O)N[C@@H](Cc2ccccc2)C(=O)N2CCC[C@@H]2C(=O)N2CCC[C@H]2C(=O)N[C@@H](CCCN=C(N)N)C(=O)N[C@@H](Cc2ccccc2)C(=O)N[C@@H](Cc2ccccc2)C(=O)N[C@@H](CN)C1=O. The molecule has 368 valence electrons. The fourth-order valence-electron chi connectivity index (χ4n) is 9.03.